The van der Waals surface area contributed by atoms with Crippen LogP contribution in [0.2, 0.25) is 0 Å². The van der Waals surface area contributed by atoms with Gasteiger partial charge in [-0.1, -0.05) is 30.3 Å². The van der Waals surface area contributed by atoms with Gasteiger partial charge in [0.05, 0.1) is 10.5 Å². The molecule has 6 nitrogen and oxygen atoms in total. The van der Waals surface area contributed by atoms with Crippen molar-refractivity contribution in [2.24, 2.45) is 0 Å². The Morgan fingerprint density at radius 3 is 2.15 bits per heavy atom. The number of amides is 2. The van der Waals surface area contributed by atoms with Crippen molar-refractivity contribution in [1.29, 1.82) is 0 Å². The molecular formula is C19H14FN3O3. The minimum absolute atomic E-state index is 0.115. The molecule has 3 aromatic carbocycles. The molecule has 0 atom stereocenters. The number of halogens is 1. The molecule has 0 fully saturated rings. The molecule has 0 aromatic heterocycles. The molecule has 0 aliphatic heterocycles. The highest BCUT2D eigenvalue weighted by atomic mass is 19.1. The second kappa shape index (κ2) is 7.43. The summed E-state index contributed by atoms with van der Waals surface area (Å²) in [5.41, 5.74) is 1.73. The summed E-state index contributed by atoms with van der Waals surface area (Å²) >= 11 is 0. The lowest BCUT2D eigenvalue weighted by Crippen LogP contribution is -2.19. The Hall–Kier alpha value is -3.74. The van der Waals surface area contributed by atoms with Gasteiger partial charge >= 0.3 is 6.03 Å². The number of anilines is 2. The van der Waals surface area contributed by atoms with Gasteiger partial charge < -0.3 is 10.6 Å². The SMILES string of the molecule is O=C(Nc1ccc(F)cc1)Nc1ccc(-c2ccccc2)c([N+](=O)[O-])c1. The normalized spacial score (nSPS) is 10.2. The molecule has 0 radical (unpaired) electrons. The number of nitro groups is 1. The van der Waals surface area contributed by atoms with Gasteiger partial charge in [0.1, 0.15) is 5.82 Å². The Morgan fingerprint density at radius 2 is 1.50 bits per heavy atom. The number of nitro benzene ring substituents is 1. The predicted octanol–water partition coefficient (Wildman–Crippen LogP) is 5.04. The monoisotopic (exact) mass is 351 g/mol. The van der Waals surface area contributed by atoms with Crippen LogP contribution in [0.4, 0.5) is 26.2 Å². The third-order valence-corrected chi connectivity index (χ3v) is 3.64. The van der Waals surface area contributed by atoms with Gasteiger partial charge in [0, 0.05) is 17.4 Å². The van der Waals surface area contributed by atoms with E-state index in [0.717, 1.165) is 0 Å². The molecule has 0 unspecified atom stereocenters. The summed E-state index contributed by atoms with van der Waals surface area (Å²) in [6.45, 7) is 0. The summed E-state index contributed by atoms with van der Waals surface area (Å²) in [6.07, 6.45) is 0. The Balaban J connectivity index is 1.80. The van der Waals surface area contributed by atoms with Crippen LogP contribution >= 0.6 is 0 Å². The summed E-state index contributed by atoms with van der Waals surface area (Å²) in [4.78, 5) is 22.9. The lowest BCUT2D eigenvalue weighted by molar-refractivity contribution is -0.384. The van der Waals surface area contributed by atoms with E-state index in [4.69, 9.17) is 0 Å². The average Bonchev–Trinajstić information content (AvgIpc) is 2.64. The van der Waals surface area contributed by atoms with E-state index in [2.05, 4.69) is 10.6 Å². The van der Waals surface area contributed by atoms with Crippen molar-refractivity contribution in [2.75, 3.05) is 10.6 Å². The number of nitrogens with zero attached hydrogens (tertiary/aromatic N) is 1. The Kier molecular flexibility index (Phi) is 4.89. The van der Waals surface area contributed by atoms with Crippen molar-refractivity contribution in [3.63, 3.8) is 0 Å². The number of carbonyl (C=O) groups is 1. The van der Waals surface area contributed by atoms with Crippen LogP contribution in [0, 0.1) is 15.9 Å². The summed E-state index contributed by atoms with van der Waals surface area (Å²) in [5.74, 6) is -0.414. The van der Waals surface area contributed by atoms with Crippen molar-refractivity contribution < 1.29 is 14.1 Å². The molecular weight excluding hydrogens is 337 g/mol. The number of rotatable bonds is 4. The molecule has 0 aliphatic carbocycles. The van der Waals surface area contributed by atoms with Crippen molar-refractivity contribution in [3.05, 3.63) is 88.7 Å². The van der Waals surface area contributed by atoms with Gasteiger partial charge in [0.25, 0.3) is 5.69 Å². The van der Waals surface area contributed by atoms with Crippen LogP contribution in [0.1, 0.15) is 0 Å². The Bertz CT molecular complexity index is 944. The molecule has 0 spiro atoms. The van der Waals surface area contributed by atoms with Crippen molar-refractivity contribution >= 4 is 23.1 Å². The standard InChI is InChI=1S/C19H14FN3O3/c20-14-6-8-15(9-7-14)21-19(24)22-16-10-11-17(18(12-16)23(25)26)13-4-2-1-3-5-13/h1-12H,(H2,21,22,24). The summed E-state index contributed by atoms with van der Waals surface area (Å²) in [5, 5.41) is 16.5. The number of hydrogen-bond donors (Lipinski definition) is 2. The fourth-order valence-electron chi connectivity index (χ4n) is 2.45. The molecule has 3 rings (SSSR count). The van der Waals surface area contributed by atoms with E-state index < -0.39 is 16.8 Å². The number of nitrogens with one attached hydrogen (secondary N) is 2. The van der Waals surface area contributed by atoms with E-state index in [1.165, 1.54) is 30.3 Å². The smallest absolute Gasteiger partial charge is 0.308 e. The molecule has 26 heavy (non-hydrogen) atoms. The topological polar surface area (TPSA) is 84.3 Å². The van der Waals surface area contributed by atoms with Gasteiger partial charge in [-0.3, -0.25) is 10.1 Å². The van der Waals surface area contributed by atoms with Gasteiger partial charge in [-0.05, 0) is 42.0 Å². The van der Waals surface area contributed by atoms with Crippen LogP contribution in [-0.4, -0.2) is 11.0 Å². The van der Waals surface area contributed by atoms with E-state index >= 15 is 0 Å². The number of urea groups is 1. The fraction of sp³-hybridized carbons (Fsp3) is 0. The minimum Gasteiger partial charge on any atom is -0.308 e. The second-order valence-corrected chi connectivity index (χ2v) is 5.44. The van der Waals surface area contributed by atoms with E-state index in [-0.39, 0.29) is 11.4 Å². The molecule has 130 valence electrons. The van der Waals surface area contributed by atoms with Crippen molar-refractivity contribution in [1.82, 2.24) is 0 Å². The van der Waals surface area contributed by atoms with Gasteiger partial charge in [-0.15, -0.1) is 0 Å². The van der Waals surface area contributed by atoms with Crippen LogP contribution in [0.15, 0.2) is 72.8 Å². The average molecular weight is 351 g/mol. The summed E-state index contributed by atoms with van der Waals surface area (Å²) in [6, 6.07) is 18.1. The second-order valence-electron chi connectivity index (χ2n) is 5.44. The van der Waals surface area contributed by atoms with Gasteiger partial charge in [-0.25, -0.2) is 9.18 Å². The van der Waals surface area contributed by atoms with Gasteiger partial charge in [0.2, 0.25) is 0 Å². The first-order valence-electron chi connectivity index (χ1n) is 7.70. The highest BCUT2D eigenvalue weighted by Crippen LogP contribution is 2.32. The number of hydrogen-bond acceptors (Lipinski definition) is 3. The third-order valence-electron chi connectivity index (χ3n) is 3.64. The maximum absolute atomic E-state index is 12.9. The lowest BCUT2D eigenvalue weighted by atomic mass is 10.0. The molecule has 0 heterocycles. The molecule has 2 amide bonds. The zero-order chi connectivity index (χ0) is 18.5. The quantitative estimate of drug-likeness (QED) is 0.510. The maximum Gasteiger partial charge on any atom is 0.323 e. The number of carbonyl (C=O) groups excluding carboxylic acids is 1. The molecule has 0 aliphatic rings. The van der Waals surface area contributed by atoms with Gasteiger partial charge in [0.15, 0.2) is 0 Å². The molecule has 0 bridgehead atoms. The van der Waals surface area contributed by atoms with E-state index in [9.17, 15) is 19.3 Å². The zero-order valence-corrected chi connectivity index (χ0v) is 13.5. The van der Waals surface area contributed by atoms with Crippen LogP contribution in [0.5, 0.6) is 0 Å². The van der Waals surface area contributed by atoms with Crippen molar-refractivity contribution in [2.45, 2.75) is 0 Å². The molecule has 3 aromatic rings. The highest BCUT2D eigenvalue weighted by molar-refractivity contribution is 6.00. The largest absolute Gasteiger partial charge is 0.323 e. The minimum atomic E-state index is -0.585. The van der Waals surface area contributed by atoms with Crippen LogP contribution in [0.25, 0.3) is 11.1 Å². The van der Waals surface area contributed by atoms with Crippen LogP contribution in [-0.2, 0) is 0 Å². The fourth-order valence-corrected chi connectivity index (χ4v) is 2.45. The maximum atomic E-state index is 12.9. The highest BCUT2D eigenvalue weighted by Gasteiger charge is 2.17. The predicted molar refractivity (Wildman–Crippen MR) is 97.6 cm³/mol. The van der Waals surface area contributed by atoms with Crippen LogP contribution < -0.4 is 10.6 Å². The Morgan fingerprint density at radius 1 is 0.885 bits per heavy atom. The first kappa shape index (κ1) is 17.1. The third kappa shape index (κ3) is 4.02. The first-order chi connectivity index (χ1) is 12.5. The number of benzene rings is 3. The first-order valence-corrected chi connectivity index (χ1v) is 7.70. The van der Waals surface area contributed by atoms with Gasteiger partial charge in [-0.2, -0.15) is 0 Å². The van der Waals surface area contributed by atoms with E-state index in [1.54, 1.807) is 36.4 Å². The molecule has 0 saturated carbocycles. The van der Waals surface area contributed by atoms with Crippen LogP contribution in [0.3, 0.4) is 0 Å². The van der Waals surface area contributed by atoms with E-state index in [1.807, 2.05) is 6.07 Å². The zero-order valence-electron chi connectivity index (χ0n) is 13.5. The Labute approximate surface area is 148 Å². The summed E-state index contributed by atoms with van der Waals surface area (Å²) < 4.78 is 12.9. The molecule has 2 N–H and O–H groups in total. The van der Waals surface area contributed by atoms with E-state index in [0.29, 0.717) is 16.8 Å². The summed E-state index contributed by atoms with van der Waals surface area (Å²) in [7, 11) is 0. The molecule has 0 saturated heterocycles. The lowest BCUT2D eigenvalue weighted by Gasteiger charge is -2.09. The van der Waals surface area contributed by atoms with Crippen molar-refractivity contribution in [3.8, 4) is 11.1 Å². The molecule has 7 heteroatoms.